The fourth-order valence-electron chi connectivity index (χ4n) is 2.78. The maximum atomic E-state index is 12.9. The first-order chi connectivity index (χ1) is 11.4. The van der Waals surface area contributed by atoms with E-state index in [1.807, 2.05) is 25.8 Å². The Balaban J connectivity index is 2.00. The average molecular weight is 328 g/mol. The van der Waals surface area contributed by atoms with Crippen LogP contribution in [0, 0.1) is 0 Å². The number of nitrogens with zero attached hydrogens (tertiary/aromatic N) is 4. The highest BCUT2D eigenvalue weighted by molar-refractivity contribution is 6.08. The van der Waals surface area contributed by atoms with Crippen LogP contribution in [0.3, 0.4) is 0 Å². The van der Waals surface area contributed by atoms with Crippen LogP contribution in [0.15, 0.2) is 30.5 Å². The Labute approximate surface area is 140 Å². The zero-order valence-electron chi connectivity index (χ0n) is 13.9. The topological polar surface area (TPSA) is 78.7 Å². The molecule has 1 amide bonds. The second kappa shape index (κ2) is 5.99. The van der Waals surface area contributed by atoms with Crippen molar-refractivity contribution in [2.75, 3.05) is 29.9 Å². The van der Waals surface area contributed by atoms with Crippen LogP contribution in [0.5, 0.6) is 0 Å². The zero-order valence-corrected chi connectivity index (χ0v) is 13.9. The molecule has 7 heteroatoms. The van der Waals surface area contributed by atoms with E-state index in [1.54, 1.807) is 40.0 Å². The normalized spacial score (nSPS) is 14.0. The molecule has 2 heterocycles. The van der Waals surface area contributed by atoms with Gasteiger partial charge in [0.05, 0.1) is 16.9 Å². The summed E-state index contributed by atoms with van der Waals surface area (Å²) in [6, 6.07) is 6.71. The fourth-order valence-corrected chi connectivity index (χ4v) is 2.78. The van der Waals surface area contributed by atoms with Gasteiger partial charge >= 0.3 is 5.97 Å². The van der Waals surface area contributed by atoms with Gasteiger partial charge in [0, 0.05) is 32.4 Å². The smallest absolute Gasteiger partial charge is 0.335 e. The van der Waals surface area contributed by atoms with Gasteiger partial charge in [-0.05, 0) is 38.1 Å². The number of carbonyl (C=O) groups excluding carboxylic acids is 1. The highest BCUT2D eigenvalue weighted by atomic mass is 16.4. The molecule has 0 spiro atoms. The molecule has 2 aromatic rings. The Morgan fingerprint density at radius 3 is 2.54 bits per heavy atom. The molecule has 0 unspecified atom stereocenters. The summed E-state index contributed by atoms with van der Waals surface area (Å²) < 4.78 is 1.73. The molecule has 7 nitrogen and oxygen atoms in total. The van der Waals surface area contributed by atoms with Gasteiger partial charge in [-0.15, -0.1) is 0 Å². The minimum Gasteiger partial charge on any atom is -0.478 e. The Bertz CT molecular complexity index is 797. The standard InChI is InChI=1S/C17H20N4O3/c1-11(2)21-7-6-13(18-21)16(22)20-9-8-19(3)14-5-4-12(17(23)24)10-15(14)20/h4-7,10-11H,8-9H2,1-3H3,(H,23,24). The van der Waals surface area contributed by atoms with E-state index in [0.717, 1.165) is 5.69 Å². The molecule has 1 aromatic carbocycles. The molecule has 3 rings (SSSR count). The van der Waals surface area contributed by atoms with E-state index < -0.39 is 5.97 Å². The van der Waals surface area contributed by atoms with Crippen LogP contribution in [0.25, 0.3) is 0 Å². The summed E-state index contributed by atoms with van der Waals surface area (Å²) in [6.45, 7) is 5.15. The van der Waals surface area contributed by atoms with Gasteiger partial charge in [-0.25, -0.2) is 4.79 Å². The number of fused-ring (bicyclic) bond motifs is 1. The number of benzene rings is 1. The Morgan fingerprint density at radius 2 is 1.92 bits per heavy atom. The molecule has 0 radical (unpaired) electrons. The lowest BCUT2D eigenvalue weighted by atomic mass is 10.1. The minimum absolute atomic E-state index is 0.162. The van der Waals surface area contributed by atoms with Gasteiger partial charge in [0.1, 0.15) is 0 Å². The van der Waals surface area contributed by atoms with E-state index in [-0.39, 0.29) is 17.5 Å². The van der Waals surface area contributed by atoms with Gasteiger partial charge in [-0.3, -0.25) is 9.48 Å². The summed E-state index contributed by atoms with van der Waals surface area (Å²) in [5.41, 5.74) is 1.96. The van der Waals surface area contributed by atoms with Crippen molar-refractivity contribution in [1.29, 1.82) is 0 Å². The van der Waals surface area contributed by atoms with Crippen LogP contribution in [-0.2, 0) is 0 Å². The first-order valence-corrected chi connectivity index (χ1v) is 7.84. The molecule has 0 aliphatic carbocycles. The van der Waals surface area contributed by atoms with Crippen molar-refractivity contribution in [2.45, 2.75) is 19.9 Å². The second-order valence-corrected chi connectivity index (χ2v) is 6.16. The van der Waals surface area contributed by atoms with Crippen molar-refractivity contribution in [2.24, 2.45) is 0 Å². The molecular formula is C17H20N4O3. The number of carboxylic acid groups (broad SMARTS) is 1. The molecule has 1 N–H and O–H groups in total. The van der Waals surface area contributed by atoms with Gasteiger partial charge in [0.2, 0.25) is 0 Å². The van der Waals surface area contributed by atoms with Crippen LogP contribution in [0.4, 0.5) is 11.4 Å². The summed E-state index contributed by atoms with van der Waals surface area (Å²) >= 11 is 0. The quantitative estimate of drug-likeness (QED) is 0.935. The van der Waals surface area contributed by atoms with Gasteiger partial charge < -0.3 is 14.9 Å². The second-order valence-electron chi connectivity index (χ2n) is 6.16. The van der Waals surface area contributed by atoms with E-state index in [2.05, 4.69) is 5.10 Å². The van der Waals surface area contributed by atoms with Gasteiger partial charge in [0.15, 0.2) is 5.69 Å². The molecular weight excluding hydrogens is 308 g/mol. The third kappa shape index (κ3) is 2.73. The summed E-state index contributed by atoms with van der Waals surface area (Å²) in [6.07, 6.45) is 1.78. The van der Waals surface area contributed by atoms with Crippen molar-refractivity contribution in [3.8, 4) is 0 Å². The maximum Gasteiger partial charge on any atom is 0.335 e. The van der Waals surface area contributed by atoms with Crippen molar-refractivity contribution in [3.05, 3.63) is 41.7 Å². The molecule has 0 bridgehead atoms. The highest BCUT2D eigenvalue weighted by Gasteiger charge is 2.28. The van der Waals surface area contributed by atoms with Crippen LogP contribution < -0.4 is 9.80 Å². The molecule has 0 saturated heterocycles. The van der Waals surface area contributed by atoms with Gasteiger partial charge in [-0.2, -0.15) is 5.10 Å². The monoisotopic (exact) mass is 328 g/mol. The maximum absolute atomic E-state index is 12.9. The van der Waals surface area contributed by atoms with E-state index in [1.165, 1.54) is 0 Å². The van der Waals surface area contributed by atoms with Crippen molar-refractivity contribution in [1.82, 2.24) is 9.78 Å². The number of rotatable bonds is 3. The molecule has 24 heavy (non-hydrogen) atoms. The largest absolute Gasteiger partial charge is 0.478 e. The molecule has 0 saturated carbocycles. The number of amides is 1. The SMILES string of the molecule is CC(C)n1ccc(C(=O)N2CCN(C)c3ccc(C(=O)O)cc32)n1. The molecule has 0 fully saturated rings. The number of carbonyl (C=O) groups is 2. The van der Waals surface area contributed by atoms with Gasteiger partial charge in [-0.1, -0.05) is 0 Å². The van der Waals surface area contributed by atoms with Crippen molar-refractivity contribution < 1.29 is 14.7 Å². The predicted octanol–water partition coefficient (Wildman–Crippen LogP) is 2.26. The lowest BCUT2D eigenvalue weighted by Gasteiger charge is -2.35. The summed E-state index contributed by atoms with van der Waals surface area (Å²) in [4.78, 5) is 27.7. The molecule has 1 aromatic heterocycles. The molecule has 1 aliphatic heterocycles. The van der Waals surface area contributed by atoms with Crippen LogP contribution in [-0.4, -0.2) is 46.9 Å². The lowest BCUT2D eigenvalue weighted by molar-refractivity contribution is 0.0696. The number of aromatic carboxylic acids is 1. The Hall–Kier alpha value is -2.83. The minimum atomic E-state index is -1.01. The zero-order chi connectivity index (χ0) is 17.4. The molecule has 126 valence electrons. The van der Waals surface area contributed by atoms with Crippen molar-refractivity contribution in [3.63, 3.8) is 0 Å². The van der Waals surface area contributed by atoms with Crippen LogP contribution in [0.1, 0.15) is 40.7 Å². The predicted molar refractivity (Wildman–Crippen MR) is 91.0 cm³/mol. The number of hydrogen-bond donors (Lipinski definition) is 1. The highest BCUT2D eigenvalue weighted by Crippen LogP contribution is 2.34. The number of likely N-dealkylation sites (N-methyl/N-ethyl adjacent to an activating group) is 1. The average Bonchev–Trinajstić information content (AvgIpc) is 3.04. The summed E-state index contributed by atoms with van der Waals surface area (Å²) in [5.74, 6) is -1.23. The lowest BCUT2D eigenvalue weighted by Crippen LogP contribution is -2.43. The van der Waals surface area contributed by atoms with E-state index in [0.29, 0.717) is 24.5 Å². The summed E-state index contributed by atoms with van der Waals surface area (Å²) in [5, 5.41) is 13.6. The molecule has 1 aliphatic rings. The first kappa shape index (κ1) is 16.0. The van der Waals surface area contributed by atoms with E-state index in [4.69, 9.17) is 0 Å². The number of carboxylic acids is 1. The Morgan fingerprint density at radius 1 is 1.17 bits per heavy atom. The third-order valence-electron chi connectivity index (χ3n) is 4.19. The van der Waals surface area contributed by atoms with Gasteiger partial charge in [0.25, 0.3) is 5.91 Å². The van der Waals surface area contributed by atoms with E-state index >= 15 is 0 Å². The number of aromatic nitrogens is 2. The molecule has 0 atom stereocenters. The third-order valence-corrected chi connectivity index (χ3v) is 4.19. The van der Waals surface area contributed by atoms with Crippen LogP contribution >= 0.6 is 0 Å². The Kier molecular flexibility index (Phi) is 4.01. The fraction of sp³-hybridized carbons (Fsp3) is 0.353. The summed E-state index contributed by atoms with van der Waals surface area (Å²) in [7, 11) is 1.93. The first-order valence-electron chi connectivity index (χ1n) is 7.84. The number of hydrogen-bond acceptors (Lipinski definition) is 4. The number of anilines is 2. The van der Waals surface area contributed by atoms with E-state index in [9.17, 15) is 14.7 Å². The van der Waals surface area contributed by atoms with Crippen LogP contribution in [0.2, 0.25) is 0 Å². The van der Waals surface area contributed by atoms with Crippen molar-refractivity contribution >= 4 is 23.3 Å².